The maximum Gasteiger partial charge on any atom is 0.0580 e. The molecule has 0 aliphatic heterocycles. The van der Waals surface area contributed by atoms with Crippen LogP contribution in [0.3, 0.4) is 0 Å². The van der Waals surface area contributed by atoms with E-state index in [-0.39, 0.29) is 0 Å². The normalized spacial score (nSPS) is 10.6. The zero-order chi connectivity index (χ0) is 11.9. The number of rotatable bonds is 4. The molecule has 0 saturated heterocycles. The van der Waals surface area contributed by atoms with Gasteiger partial charge >= 0.3 is 0 Å². The van der Waals surface area contributed by atoms with E-state index in [2.05, 4.69) is 41.7 Å². The third-order valence-corrected chi connectivity index (χ3v) is 2.47. The highest BCUT2D eigenvalue weighted by Gasteiger charge is 1.90. The molecular weight excluding hydrogens is 208 g/mol. The van der Waals surface area contributed by atoms with Gasteiger partial charge in [-0.05, 0) is 18.1 Å². The van der Waals surface area contributed by atoms with Crippen LogP contribution in [-0.4, -0.2) is 6.21 Å². The van der Waals surface area contributed by atoms with Crippen LogP contribution in [0, 0.1) is 6.92 Å². The van der Waals surface area contributed by atoms with Crippen LogP contribution in [0.2, 0.25) is 0 Å². The SMILES string of the molecule is Cc1cccc(CNN=Cc2ccccc2)c1. The van der Waals surface area contributed by atoms with E-state index in [1.165, 1.54) is 11.1 Å². The molecule has 2 aromatic rings. The van der Waals surface area contributed by atoms with Crippen molar-refractivity contribution in [2.24, 2.45) is 5.10 Å². The second-order valence-corrected chi connectivity index (χ2v) is 3.99. The molecule has 2 aromatic carbocycles. The molecule has 0 heterocycles. The van der Waals surface area contributed by atoms with E-state index < -0.39 is 0 Å². The van der Waals surface area contributed by atoms with Gasteiger partial charge in [0.1, 0.15) is 0 Å². The van der Waals surface area contributed by atoms with Gasteiger partial charge < -0.3 is 5.43 Å². The van der Waals surface area contributed by atoms with Crippen LogP contribution in [0.4, 0.5) is 0 Å². The number of hydrogen-bond donors (Lipinski definition) is 1. The minimum absolute atomic E-state index is 0.755. The van der Waals surface area contributed by atoms with Crippen molar-refractivity contribution in [1.82, 2.24) is 5.43 Å². The average Bonchev–Trinajstić information content (AvgIpc) is 2.36. The van der Waals surface area contributed by atoms with Gasteiger partial charge in [-0.25, -0.2) is 0 Å². The van der Waals surface area contributed by atoms with Crippen molar-refractivity contribution in [1.29, 1.82) is 0 Å². The Morgan fingerprint density at radius 1 is 1.06 bits per heavy atom. The molecule has 2 rings (SSSR count). The molecule has 0 aliphatic carbocycles. The Labute approximate surface area is 102 Å². The molecule has 17 heavy (non-hydrogen) atoms. The highest BCUT2D eigenvalue weighted by atomic mass is 15.3. The highest BCUT2D eigenvalue weighted by molar-refractivity contribution is 5.79. The first kappa shape index (κ1) is 11.4. The smallest absolute Gasteiger partial charge is 0.0580 e. The van der Waals surface area contributed by atoms with Crippen molar-refractivity contribution in [3.05, 3.63) is 71.3 Å². The van der Waals surface area contributed by atoms with E-state index in [1.807, 2.05) is 36.5 Å². The lowest BCUT2D eigenvalue weighted by atomic mass is 10.1. The summed E-state index contributed by atoms with van der Waals surface area (Å²) in [7, 11) is 0. The molecule has 0 bridgehead atoms. The van der Waals surface area contributed by atoms with Crippen molar-refractivity contribution in [3.8, 4) is 0 Å². The minimum atomic E-state index is 0.755. The maximum atomic E-state index is 4.19. The molecule has 0 unspecified atom stereocenters. The molecule has 2 heteroatoms. The molecule has 0 fully saturated rings. The lowest BCUT2D eigenvalue weighted by Gasteiger charge is -2.01. The molecule has 0 amide bonds. The molecule has 0 spiro atoms. The van der Waals surface area contributed by atoms with Gasteiger partial charge in [0.25, 0.3) is 0 Å². The summed E-state index contributed by atoms with van der Waals surface area (Å²) in [5, 5.41) is 4.19. The largest absolute Gasteiger partial charge is 0.306 e. The first-order valence-electron chi connectivity index (χ1n) is 5.71. The Hall–Kier alpha value is -2.09. The predicted octanol–water partition coefficient (Wildman–Crippen LogP) is 3.12. The van der Waals surface area contributed by atoms with Crippen LogP contribution < -0.4 is 5.43 Å². The summed E-state index contributed by atoms with van der Waals surface area (Å²) in [6, 6.07) is 18.5. The maximum absolute atomic E-state index is 4.19. The molecule has 0 saturated carbocycles. The summed E-state index contributed by atoms with van der Waals surface area (Å²) in [5.41, 5.74) is 6.67. The van der Waals surface area contributed by atoms with Crippen LogP contribution in [-0.2, 0) is 6.54 Å². The fourth-order valence-corrected chi connectivity index (χ4v) is 1.62. The number of benzene rings is 2. The number of nitrogens with zero attached hydrogens (tertiary/aromatic N) is 1. The van der Waals surface area contributed by atoms with Crippen LogP contribution in [0.25, 0.3) is 0 Å². The monoisotopic (exact) mass is 224 g/mol. The standard InChI is InChI=1S/C15H16N2/c1-13-6-5-9-15(10-13)12-17-16-11-14-7-3-2-4-8-14/h2-11,17H,12H2,1H3. The molecule has 2 nitrogen and oxygen atoms in total. The summed E-state index contributed by atoms with van der Waals surface area (Å²) in [5.74, 6) is 0. The van der Waals surface area contributed by atoms with E-state index in [4.69, 9.17) is 0 Å². The van der Waals surface area contributed by atoms with Gasteiger partial charge in [-0.15, -0.1) is 0 Å². The van der Waals surface area contributed by atoms with Gasteiger partial charge in [-0.1, -0.05) is 60.2 Å². The Morgan fingerprint density at radius 3 is 2.65 bits per heavy atom. The molecule has 0 aliphatic rings. The lowest BCUT2D eigenvalue weighted by Crippen LogP contribution is -2.05. The summed E-state index contributed by atoms with van der Waals surface area (Å²) in [4.78, 5) is 0. The molecule has 1 N–H and O–H groups in total. The molecule has 86 valence electrons. The second-order valence-electron chi connectivity index (χ2n) is 3.99. The van der Waals surface area contributed by atoms with E-state index >= 15 is 0 Å². The zero-order valence-corrected chi connectivity index (χ0v) is 9.93. The summed E-state index contributed by atoms with van der Waals surface area (Å²) >= 11 is 0. The minimum Gasteiger partial charge on any atom is -0.306 e. The molecule has 0 aromatic heterocycles. The number of hydrazone groups is 1. The lowest BCUT2D eigenvalue weighted by molar-refractivity contribution is 0.747. The van der Waals surface area contributed by atoms with E-state index in [0.29, 0.717) is 0 Å². The zero-order valence-electron chi connectivity index (χ0n) is 9.93. The van der Waals surface area contributed by atoms with Crippen LogP contribution in [0.1, 0.15) is 16.7 Å². The predicted molar refractivity (Wildman–Crippen MR) is 72.1 cm³/mol. The number of nitrogens with one attached hydrogen (secondary N) is 1. The van der Waals surface area contributed by atoms with Crippen LogP contribution >= 0.6 is 0 Å². The summed E-state index contributed by atoms with van der Waals surface area (Å²) in [6.07, 6.45) is 1.83. The Bertz CT molecular complexity index is 489. The summed E-state index contributed by atoms with van der Waals surface area (Å²) < 4.78 is 0. The second kappa shape index (κ2) is 5.85. The first-order valence-corrected chi connectivity index (χ1v) is 5.71. The topological polar surface area (TPSA) is 24.4 Å². The molecular formula is C15H16N2. The number of aryl methyl sites for hydroxylation is 1. The number of hydrogen-bond acceptors (Lipinski definition) is 2. The molecule has 0 radical (unpaired) electrons. The fraction of sp³-hybridized carbons (Fsp3) is 0.133. The third kappa shape index (κ3) is 3.76. The van der Waals surface area contributed by atoms with E-state index in [9.17, 15) is 0 Å². The van der Waals surface area contributed by atoms with Gasteiger partial charge in [-0.2, -0.15) is 5.10 Å². The Morgan fingerprint density at radius 2 is 1.88 bits per heavy atom. The van der Waals surface area contributed by atoms with E-state index in [1.54, 1.807) is 0 Å². The summed E-state index contributed by atoms with van der Waals surface area (Å²) in [6.45, 7) is 2.85. The van der Waals surface area contributed by atoms with Crippen LogP contribution in [0.5, 0.6) is 0 Å². The van der Waals surface area contributed by atoms with Crippen LogP contribution in [0.15, 0.2) is 59.7 Å². The highest BCUT2D eigenvalue weighted by Crippen LogP contribution is 2.03. The van der Waals surface area contributed by atoms with E-state index in [0.717, 1.165) is 12.1 Å². The Balaban J connectivity index is 1.86. The Kier molecular flexibility index (Phi) is 3.92. The quantitative estimate of drug-likeness (QED) is 0.626. The van der Waals surface area contributed by atoms with Gasteiger partial charge in [-0.3, -0.25) is 0 Å². The van der Waals surface area contributed by atoms with Gasteiger partial charge in [0.15, 0.2) is 0 Å². The van der Waals surface area contributed by atoms with Gasteiger partial charge in [0.05, 0.1) is 12.8 Å². The fourth-order valence-electron chi connectivity index (χ4n) is 1.62. The van der Waals surface area contributed by atoms with Crippen molar-refractivity contribution in [2.45, 2.75) is 13.5 Å². The van der Waals surface area contributed by atoms with Crippen molar-refractivity contribution >= 4 is 6.21 Å². The third-order valence-electron chi connectivity index (χ3n) is 2.47. The van der Waals surface area contributed by atoms with Crippen molar-refractivity contribution in [2.75, 3.05) is 0 Å². The van der Waals surface area contributed by atoms with Gasteiger partial charge in [0, 0.05) is 0 Å². The van der Waals surface area contributed by atoms with Crippen molar-refractivity contribution < 1.29 is 0 Å². The van der Waals surface area contributed by atoms with Crippen molar-refractivity contribution in [3.63, 3.8) is 0 Å². The van der Waals surface area contributed by atoms with Gasteiger partial charge in [0.2, 0.25) is 0 Å². The average molecular weight is 224 g/mol. The molecule has 0 atom stereocenters. The first-order chi connectivity index (χ1) is 8.34.